The van der Waals surface area contributed by atoms with Crippen LogP contribution >= 0.6 is 0 Å². The average Bonchev–Trinajstić information content (AvgIpc) is 2.63. The predicted octanol–water partition coefficient (Wildman–Crippen LogP) is 3.28. The number of amides is 1. The number of aromatic nitrogens is 2. The maximum atomic E-state index is 13.0. The molecule has 1 aliphatic carbocycles. The lowest BCUT2D eigenvalue weighted by Gasteiger charge is -2.26. The van der Waals surface area contributed by atoms with Crippen LogP contribution in [0.4, 0.5) is 0 Å². The molecule has 1 aliphatic rings. The van der Waals surface area contributed by atoms with Crippen molar-refractivity contribution in [1.29, 1.82) is 0 Å². The van der Waals surface area contributed by atoms with Crippen molar-refractivity contribution in [3.63, 3.8) is 0 Å². The van der Waals surface area contributed by atoms with Crippen LogP contribution in [0.2, 0.25) is 0 Å². The summed E-state index contributed by atoms with van der Waals surface area (Å²) >= 11 is 0. The number of hydrogen-bond donors (Lipinski definition) is 1. The Morgan fingerprint density at radius 3 is 2.58 bits per heavy atom. The third kappa shape index (κ3) is 2.28. The summed E-state index contributed by atoms with van der Waals surface area (Å²) in [5.41, 5.74) is 1.29. The molecule has 1 fully saturated rings. The maximum absolute atomic E-state index is 13.0. The van der Waals surface area contributed by atoms with Crippen LogP contribution in [0.15, 0.2) is 59.5 Å². The molecule has 0 radical (unpaired) electrons. The van der Waals surface area contributed by atoms with E-state index in [2.05, 4.69) is 10.3 Å². The van der Waals surface area contributed by atoms with Crippen molar-refractivity contribution in [1.82, 2.24) is 14.7 Å². The van der Waals surface area contributed by atoms with Crippen molar-refractivity contribution < 1.29 is 4.79 Å². The highest BCUT2D eigenvalue weighted by molar-refractivity contribution is 6.02. The number of carbonyl (C=O) groups excluding carboxylic acids is 1. The minimum Gasteiger partial charge on any atom is -0.349 e. The zero-order valence-corrected chi connectivity index (χ0v) is 14.1. The Morgan fingerprint density at radius 1 is 1.08 bits per heavy atom. The first kappa shape index (κ1) is 15.1. The largest absolute Gasteiger partial charge is 0.349 e. The zero-order valence-electron chi connectivity index (χ0n) is 14.1. The van der Waals surface area contributed by atoms with Gasteiger partial charge in [0.05, 0.1) is 16.5 Å². The molecule has 0 unspecified atom stereocenters. The van der Waals surface area contributed by atoms with Crippen molar-refractivity contribution in [2.24, 2.45) is 0 Å². The SMILES string of the molecule is O=C(NC1CCC1)c1cccn2c(=O)c3cc4ccccc4cc3nc12. The standard InChI is InChI=1S/C21H17N3O2/c25-20(22-15-7-3-8-15)16-9-4-10-24-19(16)23-18-12-14-6-2-1-5-13(14)11-17(18)21(24)26/h1-2,4-6,9-12,15H,3,7-8H2,(H,22,25). The summed E-state index contributed by atoms with van der Waals surface area (Å²) in [4.78, 5) is 30.3. The molecule has 0 bridgehead atoms. The summed E-state index contributed by atoms with van der Waals surface area (Å²) in [6.07, 6.45) is 4.84. The Hall–Kier alpha value is -3.21. The molecule has 5 nitrogen and oxygen atoms in total. The Balaban J connectivity index is 1.76. The van der Waals surface area contributed by atoms with Crippen LogP contribution in [0.3, 0.4) is 0 Å². The smallest absolute Gasteiger partial charge is 0.265 e. The van der Waals surface area contributed by atoms with E-state index in [9.17, 15) is 9.59 Å². The van der Waals surface area contributed by atoms with Gasteiger partial charge in [0.2, 0.25) is 0 Å². The molecule has 0 spiro atoms. The highest BCUT2D eigenvalue weighted by Gasteiger charge is 2.22. The molecular formula is C21H17N3O2. The molecule has 128 valence electrons. The van der Waals surface area contributed by atoms with E-state index in [1.807, 2.05) is 36.4 Å². The number of nitrogens with zero attached hydrogens (tertiary/aromatic N) is 2. The molecule has 1 saturated carbocycles. The summed E-state index contributed by atoms with van der Waals surface area (Å²) in [6, 6.07) is 15.3. The van der Waals surface area contributed by atoms with Gasteiger partial charge in [-0.2, -0.15) is 0 Å². The molecule has 5 rings (SSSR count). The number of nitrogens with one attached hydrogen (secondary N) is 1. The van der Waals surface area contributed by atoms with Gasteiger partial charge in [-0.15, -0.1) is 0 Å². The fraction of sp³-hybridized carbons (Fsp3) is 0.190. The lowest BCUT2D eigenvalue weighted by Crippen LogP contribution is -2.39. The normalized spacial score (nSPS) is 14.6. The van der Waals surface area contributed by atoms with Crippen LogP contribution in [-0.2, 0) is 0 Å². The van der Waals surface area contributed by atoms with Crippen LogP contribution in [0, 0.1) is 0 Å². The summed E-state index contributed by atoms with van der Waals surface area (Å²) in [6.45, 7) is 0. The first-order valence-electron chi connectivity index (χ1n) is 8.85. The van der Waals surface area contributed by atoms with E-state index < -0.39 is 0 Å². The quantitative estimate of drug-likeness (QED) is 0.568. The van der Waals surface area contributed by atoms with Gasteiger partial charge in [0.15, 0.2) is 5.65 Å². The molecule has 26 heavy (non-hydrogen) atoms. The number of fused-ring (bicyclic) bond motifs is 3. The van der Waals surface area contributed by atoms with Gasteiger partial charge < -0.3 is 5.32 Å². The third-order valence-corrected chi connectivity index (χ3v) is 5.19. The van der Waals surface area contributed by atoms with Gasteiger partial charge in [0.1, 0.15) is 0 Å². The fourth-order valence-corrected chi connectivity index (χ4v) is 3.51. The molecule has 2 aromatic carbocycles. The Bertz CT molecular complexity index is 1240. The first-order chi connectivity index (χ1) is 12.7. The molecular weight excluding hydrogens is 326 g/mol. The molecule has 1 N–H and O–H groups in total. The van der Waals surface area contributed by atoms with E-state index in [0.29, 0.717) is 22.1 Å². The van der Waals surface area contributed by atoms with Gasteiger partial charge in [-0.05, 0) is 54.3 Å². The van der Waals surface area contributed by atoms with E-state index in [0.717, 1.165) is 30.0 Å². The van der Waals surface area contributed by atoms with Crippen LogP contribution < -0.4 is 10.9 Å². The monoisotopic (exact) mass is 343 g/mol. The molecule has 1 amide bonds. The van der Waals surface area contributed by atoms with E-state index in [-0.39, 0.29) is 17.5 Å². The Kier molecular flexibility index (Phi) is 3.28. The highest BCUT2D eigenvalue weighted by atomic mass is 16.2. The van der Waals surface area contributed by atoms with Gasteiger partial charge in [0, 0.05) is 12.2 Å². The molecule has 0 aliphatic heterocycles. The van der Waals surface area contributed by atoms with Gasteiger partial charge in [-0.3, -0.25) is 14.0 Å². The fourth-order valence-electron chi connectivity index (χ4n) is 3.51. The van der Waals surface area contributed by atoms with Gasteiger partial charge >= 0.3 is 0 Å². The van der Waals surface area contributed by atoms with Crippen LogP contribution in [0.1, 0.15) is 29.6 Å². The predicted molar refractivity (Wildman–Crippen MR) is 102 cm³/mol. The molecule has 5 heteroatoms. The van der Waals surface area contributed by atoms with Crippen molar-refractivity contribution in [3.8, 4) is 0 Å². The summed E-state index contributed by atoms with van der Waals surface area (Å²) in [7, 11) is 0. The van der Waals surface area contributed by atoms with Crippen LogP contribution in [-0.4, -0.2) is 21.3 Å². The van der Waals surface area contributed by atoms with Gasteiger partial charge in [-0.25, -0.2) is 4.98 Å². The van der Waals surface area contributed by atoms with Gasteiger partial charge in [0.25, 0.3) is 11.5 Å². The number of carbonyl (C=O) groups is 1. The van der Waals surface area contributed by atoms with E-state index in [4.69, 9.17) is 0 Å². The van der Waals surface area contributed by atoms with Crippen molar-refractivity contribution in [2.75, 3.05) is 0 Å². The average molecular weight is 343 g/mol. The first-order valence-corrected chi connectivity index (χ1v) is 8.85. The topological polar surface area (TPSA) is 63.5 Å². The van der Waals surface area contributed by atoms with Crippen LogP contribution in [0.25, 0.3) is 27.3 Å². The minimum atomic E-state index is -0.167. The molecule has 2 heterocycles. The number of rotatable bonds is 2. The second-order valence-corrected chi connectivity index (χ2v) is 6.85. The van der Waals surface area contributed by atoms with E-state index in [1.54, 1.807) is 18.3 Å². The third-order valence-electron chi connectivity index (χ3n) is 5.19. The number of benzene rings is 2. The summed E-state index contributed by atoms with van der Waals surface area (Å²) in [5.74, 6) is -0.167. The molecule has 2 aromatic heterocycles. The number of pyridine rings is 1. The van der Waals surface area contributed by atoms with E-state index >= 15 is 0 Å². The Labute approximate surface area is 149 Å². The summed E-state index contributed by atoms with van der Waals surface area (Å²) < 4.78 is 1.47. The maximum Gasteiger partial charge on any atom is 0.265 e. The number of hydrogen-bond acceptors (Lipinski definition) is 3. The lowest BCUT2D eigenvalue weighted by atomic mass is 9.93. The summed E-state index contributed by atoms with van der Waals surface area (Å²) in [5, 5.41) is 5.60. The zero-order chi connectivity index (χ0) is 17.7. The van der Waals surface area contributed by atoms with Crippen molar-refractivity contribution >= 4 is 33.2 Å². The molecule has 4 aromatic rings. The van der Waals surface area contributed by atoms with Crippen molar-refractivity contribution in [3.05, 3.63) is 70.6 Å². The van der Waals surface area contributed by atoms with E-state index in [1.165, 1.54) is 4.40 Å². The highest BCUT2D eigenvalue weighted by Crippen LogP contribution is 2.22. The Morgan fingerprint density at radius 2 is 1.85 bits per heavy atom. The lowest BCUT2D eigenvalue weighted by molar-refractivity contribution is 0.0918. The molecule has 0 saturated heterocycles. The second kappa shape index (κ2) is 5.66. The second-order valence-electron chi connectivity index (χ2n) is 6.85. The van der Waals surface area contributed by atoms with Crippen molar-refractivity contribution in [2.45, 2.75) is 25.3 Å². The van der Waals surface area contributed by atoms with Gasteiger partial charge in [-0.1, -0.05) is 24.3 Å². The molecule has 0 atom stereocenters. The minimum absolute atomic E-state index is 0.158. The van der Waals surface area contributed by atoms with Crippen LogP contribution in [0.5, 0.6) is 0 Å².